The number of benzene rings is 2. The molecule has 1 saturated heterocycles. The molecule has 2 aromatic rings. The fourth-order valence-electron chi connectivity index (χ4n) is 3.83. The van der Waals surface area contributed by atoms with Crippen LogP contribution in [0.5, 0.6) is 0 Å². The molecule has 0 aromatic heterocycles. The van der Waals surface area contributed by atoms with Gasteiger partial charge in [0.1, 0.15) is 0 Å². The SMILES string of the molecule is CCC1CN(C(=O)c2cc(C)cc(C)c2)CCC(=O)N1Cc1ccccc1. The Morgan fingerprint density at radius 1 is 1.07 bits per heavy atom. The number of aryl methyl sites for hydroxylation is 2. The van der Waals surface area contributed by atoms with E-state index in [0.29, 0.717) is 31.6 Å². The molecular weight excluding hydrogens is 336 g/mol. The molecule has 0 aliphatic carbocycles. The van der Waals surface area contributed by atoms with Crippen molar-refractivity contribution in [2.75, 3.05) is 13.1 Å². The van der Waals surface area contributed by atoms with Crippen molar-refractivity contribution < 1.29 is 9.59 Å². The lowest BCUT2D eigenvalue weighted by atomic mass is 10.1. The van der Waals surface area contributed by atoms with Crippen LogP contribution in [0.25, 0.3) is 0 Å². The zero-order chi connectivity index (χ0) is 19.4. The van der Waals surface area contributed by atoms with Crippen LogP contribution in [0, 0.1) is 13.8 Å². The first-order chi connectivity index (χ1) is 13.0. The lowest BCUT2D eigenvalue weighted by molar-refractivity contribution is -0.133. The molecule has 1 atom stereocenters. The number of hydrogen-bond acceptors (Lipinski definition) is 2. The van der Waals surface area contributed by atoms with Crippen LogP contribution in [-0.4, -0.2) is 40.7 Å². The summed E-state index contributed by atoms with van der Waals surface area (Å²) in [6.07, 6.45) is 1.20. The largest absolute Gasteiger partial charge is 0.336 e. The van der Waals surface area contributed by atoms with Crippen molar-refractivity contribution in [3.63, 3.8) is 0 Å². The summed E-state index contributed by atoms with van der Waals surface area (Å²) in [7, 11) is 0. The second-order valence-electron chi connectivity index (χ2n) is 7.45. The van der Waals surface area contributed by atoms with E-state index >= 15 is 0 Å². The van der Waals surface area contributed by atoms with Crippen LogP contribution in [0.2, 0.25) is 0 Å². The molecule has 0 N–H and O–H groups in total. The van der Waals surface area contributed by atoms with Gasteiger partial charge in [0.2, 0.25) is 5.91 Å². The molecular formula is C23H28N2O2. The van der Waals surface area contributed by atoms with Gasteiger partial charge in [0.25, 0.3) is 5.91 Å². The van der Waals surface area contributed by atoms with E-state index in [1.165, 1.54) is 0 Å². The van der Waals surface area contributed by atoms with E-state index in [1.54, 1.807) is 0 Å². The highest BCUT2D eigenvalue weighted by molar-refractivity contribution is 5.95. The smallest absolute Gasteiger partial charge is 0.253 e. The Morgan fingerprint density at radius 2 is 1.74 bits per heavy atom. The number of amides is 2. The molecule has 3 rings (SSSR count). The molecule has 2 amide bonds. The first kappa shape index (κ1) is 19.2. The van der Waals surface area contributed by atoms with E-state index in [1.807, 2.05) is 66.1 Å². The van der Waals surface area contributed by atoms with Crippen molar-refractivity contribution >= 4 is 11.8 Å². The third kappa shape index (κ3) is 4.57. The molecule has 1 aliphatic heterocycles. The average Bonchev–Trinajstić information content (AvgIpc) is 2.81. The Morgan fingerprint density at radius 3 is 2.37 bits per heavy atom. The third-order valence-corrected chi connectivity index (χ3v) is 5.21. The first-order valence-corrected chi connectivity index (χ1v) is 9.69. The van der Waals surface area contributed by atoms with Gasteiger partial charge in [-0.2, -0.15) is 0 Å². The summed E-state index contributed by atoms with van der Waals surface area (Å²) in [6.45, 7) is 7.76. The normalized spacial score (nSPS) is 17.7. The lowest BCUT2D eigenvalue weighted by Gasteiger charge is -2.31. The summed E-state index contributed by atoms with van der Waals surface area (Å²) in [4.78, 5) is 29.7. The van der Waals surface area contributed by atoms with E-state index in [0.717, 1.165) is 23.1 Å². The van der Waals surface area contributed by atoms with Gasteiger partial charge < -0.3 is 9.80 Å². The molecule has 1 unspecified atom stereocenters. The molecule has 0 saturated carbocycles. The van der Waals surface area contributed by atoms with Crippen LogP contribution >= 0.6 is 0 Å². The summed E-state index contributed by atoms with van der Waals surface area (Å²) in [6, 6.07) is 16.0. The molecule has 0 radical (unpaired) electrons. The molecule has 0 spiro atoms. The predicted octanol–water partition coefficient (Wildman–Crippen LogP) is 3.96. The molecule has 0 bridgehead atoms. The zero-order valence-corrected chi connectivity index (χ0v) is 16.4. The van der Waals surface area contributed by atoms with Crippen molar-refractivity contribution in [1.82, 2.24) is 9.80 Å². The number of nitrogens with zero attached hydrogens (tertiary/aromatic N) is 2. The van der Waals surface area contributed by atoms with Gasteiger partial charge >= 0.3 is 0 Å². The summed E-state index contributed by atoms with van der Waals surface area (Å²) < 4.78 is 0. The van der Waals surface area contributed by atoms with Crippen molar-refractivity contribution in [2.24, 2.45) is 0 Å². The molecule has 27 heavy (non-hydrogen) atoms. The summed E-state index contributed by atoms with van der Waals surface area (Å²) >= 11 is 0. The highest BCUT2D eigenvalue weighted by Crippen LogP contribution is 2.20. The molecule has 4 heteroatoms. The number of carbonyl (C=O) groups excluding carboxylic acids is 2. The van der Waals surface area contributed by atoms with Crippen molar-refractivity contribution in [2.45, 2.75) is 46.2 Å². The van der Waals surface area contributed by atoms with Gasteiger partial charge in [0.05, 0.1) is 0 Å². The van der Waals surface area contributed by atoms with E-state index in [9.17, 15) is 9.59 Å². The highest BCUT2D eigenvalue weighted by atomic mass is 16.2. The Balaban J connectivity index is 1.80. The standard InChI is InChI=1S/C23H28N2O2/c1-4-21-16-24(23(27)20-13-17(2)12-18(3)14-20)11-10-22(26)25(21)15-19-8-6-5-7-9-19/h5-9,12-14,21H,4,10-11,15-16H2,1-3H3. The first-order valence-electron chi connectivity index (χ1n) is 9.69. The topological polar surface area (TPSA) is 40.6 Å². The number of rotatable bonds is 4. The van der Waals surface area contributed by atoms with Crippen LogP contribution in [0.15, 0.2) is 48.5 Å². The fourth-order valence-corrected chi connectivity index (χ4v) is 3.83. The van der Waals surface area contributed by atoms with E-state index < -0.39 is 0 Å². The quantitative estimate of drug-likeness (QED) is 0.824. The fraction of sp³-hybridized carbons (Fsp3) is 0.391. The average molecular weight is 364 g/mol. The van der Waals surface area contributed by atoms with Crippen molar-refractivity contribution in [3.8, 4) is 0 Å². The Hall–Kier alpha value is -2.62. The maximum absolute atomic E-state index is 13.1. The van der Waals surface area contributed by atoms with Crippen LogP contribution in [0.3, 0.4) is 0 Å². The van der Waals surface area contributed by atoms with Crippen LogP contribution < -0.4 is 0 Å². The molecule has 1 heterocycles. The Labute approximate surface area is 161 Å². The number of hydrogen-bond donors (Lipinski definition) is 0. The summed E-state index contributed by atoms with van der Waals surface area (Å²) in [5.41, 5.74) is 4.01. The van der Waals surface area contributed by atoms with Gasteiger partial charge in [0.15, 0.2) is 0 Å². The van der Waals surface area contributed by atoms with Gasteiger partial charge in [-0.05, 0) is 38.0 Å². The third-order valence-electron chi connectivity index (χ3n) is 5.21. The van der Waals surface area contributed by atoms with E-state index in [-0.39, 0.29) is 17.9 Å². The number of carbonyl (C=O) groups is 2. The van der Waals surface area contributed by atoms with Gasteiger partial charge in [-0.3, -0.25) is 9.59 Å². The maximum Gasteiger partial charge on any atom is 0.253 e. The minimum absolute atomic E-state index is 0.0228. The lowest BCUT2D eigenvalue weighted by Crippen LogP contribution is -2.43. The van der Waals surface area contributed by atoms with Crippen LogP contribution in [-0.2, 0) is 11.3 Å². The van der Waals surface area contributed by atoms with Gasteiger partial charge in [-0.25, -0.2) is 0 Å². The molecule has 1 fully saturated rings. The van der Waals surface area contributed by atoms with Gasteiger partial charge in [0, 0.05) is 37.7 Å². The second-order valence-corrected chi connectivity index (χ2v) is 7.45. The van der Waals surface area contributed by atoms with Gasteiger partial charge in [-0.1, -0.05) is 54.4 Å². The monoisotopic (exact) mass is 364 g/mol. The van der Waals surface area contributed by atoms with Crippen molar-refractivity contribution in [3.05, 3.63) is 70.8 Å². The van der Waals surface area contributed by atoms with Crippen LogP contribution in [0.4, 0.5) is 0 Å². The minimum atomic E-state index is 0.0228. The Kier molecular flexibility index (Phi) is 5.94. The van der Waals surface area contributed by atoms with Crippen molar-refractivity contribution in [1.29, 1.82) is 0 Å². The van der Waals surface area contributed by atoms with Gasteiger partial charge in [-0.15, -0.1) is 0 Å². The zero-order valence-electron chi connectivity index (χ0n) is 16.4. The van der Waals surface area contributed by atoms with E-state index in [2.05, 4.69) is 13.0 Å². The Bertz CT molecular complexity index is 796. The van der Waals surface area contributed by atoms with Crippen LogP contribution in [0.1, 0.15) is 46.8 Å². The predicted molar refractivity (Wildman–Crippen MR) is 108 cm³/mol. The summed E-state index contributed by atoms with van der Waals surface area (Å²) in [5.74, 6) is 0.149. The maximum atomic E-state index is 13.1. The highest BCUT2D eigenvalue weighted by Gasteiger charge is 2.31. The molecule has 142 valence electrons. The summed E-state index contributed by atoms with van der Waals surface area (Å²) in [5, 5.41) is 0. The second kappa shape index (κ2) is 8.38. The molecule has 1 aliphatic rings. The van der Waals surface area contributed by atoms with E-state index in [4.69, 9.17) is 0 Å². The molecule has 2 aromatic carbocycles. The molecule has 4 nitrogen and oxygen atoms in total. The minimum Gasteiger partial charge on any atom is -0.336 e.